The molecule has 2 atom stereocenters. The second-order valence-electron chi connectivity index (χ2n) is 2.98. The topological polar surface area (TPSA) is 32.3 Å². The molecule has 12 heavy (non-hydrogen) atoms. The zero-order valence-electron chi connectivity index (χ0n) is 6.46. The fraction of sp³-hybridized carbons (Fsp3) is 0.500. The number of hydrogen-bond acceptors (Lipinski definition) is 3. The van der Waals surface area contributed by atoms with Gasteiger partial charge in [-0.05, 0) is 17.0 Å². The number of aliphatic hydroxyl groups is 1. The molecule has 1 aromatic rings. The van der Waals surface area contributed by atoms with E-state index in [-0.39, 0.29) is 12.0 Å². The van der Waals surface area contributed by atoms with Crippen molar-refractivity contribution in [2.75, 3.05) is 13.1 Å². The average Bonchev–Trinajstić information content (AvgIpc) is 2.59. The van der Waals surface area contributed by atoms with E-state index in [0.717, 1.165) is 16.4 Å². The van der Waals surface area contributed by atoms with Crippen LogP contribution in [0.5, 0.6) is 0 Å². The Kier molecular flexibility index (Phi) is 2.37. The van der Waals surface area contributed by atoms with E-state index in [1.165, 1.54) is 11.3 Å². The van der Waals surface area contributed by atoms with Gasteiger partial charge < -0.3 is 10.4 Å². The molecule has 1 saturated heterocycles. The van der Waals surface area contributed by atoms with Crippen molar-refractivity contribution in [2.24, 2.45) is 0 Å². The maximum atomic E-state index is 9.57. The number of nitrogens with one attached hydrogen (secondary N) is 1. The molecule has 0 radical (unpaired) electrons. The number of rotatable bonds is 1. The van der Waals surface area contributed by atoms with Crippen molar-refractivity contribution >= 4 is 22.9 Å². The van der Waals surface area contributed by atoms with Gasteiger partial charge in [-0.1, -0.05) is 11.6 Å². The lowest BCUT2D eigenvalue weighted by Gasteiger charge is -2.11. The summed E-state index contributed by atoms with van der Waals surface area (Å²) >= 11 is 7.48. The molecule has 2 N–H and O–H groups in total. The molecule has 1 aromatic heterocycles. The summed E-state index contributed by atoms with van der Waals surface area (Å²) in [4.78, 5) is 0. The van der Waals surface area contributed by atoms with Crippen molar-refractivity contribution in [3.63, 3.8) is 0 Å². The molecule has 0 unspecified atom stereocenters. The number of aliphatic hydroxyl groups excluding tert-OH is 1. The van der Waals surface area contributed by atoms with Gasteiger partial charge in [-0.3, -0.25) is 0 Å². The Morgan fingerprint density at radius 2 is 2.42 bits per heavy atom. The van der Waals surface area contributed by atoms with Gasteiger partial charge in [-0.25, -0.2) is 0 Å². The molecule has 0 spiro atoms. The van der Waals surface area contributed by atoms with Crippen LogP contribution in [0.15, 0.2) is 11.4 Å². The summed E-state index contributed by atoms with van der Waals surface area (Å²) < 4.78 is 0.808. The molecule has 0 bridgehead atoms. The van der Waals surface area contributed by atoms with Gasteiger partial charge in [-0.15, -0.1) is 11.3 Å². The second-order valence-corrected chi connectivity index (χ2v) is 4.50. The fourth-order valence-electron chi connectivity index (χ4n) is 1.55. The molecule has 1 aliphatic rings. The van der Waals surface area contributed by atoms with Crippen LogP contribution in [0, 0.1) is 0 Å². The van der Waals surface area contributed by atoms with Crippen molar-refractivity contribution < 1.29 is 5.11 Å². The van der Waals surface area contributed by atoms with E-state index in [2.05, 4.69) is 5.32 Å². The minimum absolute atomic E-state index is 0.184. The summed E-state index contributed by atoms with van der Waals surface area (Å²) in [6, 6.07) is 1.99. The quantitative estimate of drug-likeness (QED) is 0.724. The van der Waals surface area contributed by atoms with E-state index in [0.29, 0.717) is 6.54 Å². The first-order valence-corrected chi connectivity index (χ1v) is 5.16. The van der Waals surface area contributed by atoms with E-state index in [9.17, 15) is 5.11 Å². The third-order valence-electron chi connectivity index (χ3n) is 2.23. The van der Waals surface area contributed by atoms with Gasteiger partial charge >= 0.3 is 0 Å². The van der Waals surface area contributed by atoms with Crippen LogP contribution in [-0.4, -0.2) is 24.3 Å². The molecule has 1 aliphatic heterocycles. The van der Waals surface area contributed by atoms with Gasteiger partial charge in [0.2, 0.25) is 0 Å². The Morgan fingerprint density at radius 3 is 2.92 bits per heavy atom. The Bertz CT molecular complexity index is 276. The lowest BCUT2D eigenvalue weighted by Crippen LogP contribution is -2.15. The Balaban J connectivity index is 2.24. The van der Waals surface area contributed by atoms with Crippen LogP contribution in [0.2, 0.25) is 4.34 Å². The molecule has 0 saturated carbocycles. The standard InChI is InChI=1S/C8H10ClNOS/c9-8-5(1-2-12-8)6-3-10-4-7(6)11/h1-2,6-7,10-11H,3-4H2/t6-,7+/m0/s1. The predicted octanol–water partition coefficient (Wildman–Crippen LogP) is 1.45. The molecular weight excluding hydrogens is 194 g/mol. The summed E-state index contributed by atoms with van der Waals surface area (Å²) in [6.45, 7) is 1.51. The molecule has 66 valence electrons. The van der Waals surface area contributed by atoms with Crippen LogP contribution in [0.4, 0.5) is 0 Å². The van der Waals surface area contributed by atoms with Gasteiger partial charge in [0.25, 0.3) is 0 Å². The Morgan fingerprint density at radius 1 is 1.58 bits per heavy atom. The van der Waals surface area contributed by atoms with E-state index >= 15 is 0 Å². The van der Waals surface area contributed by atoms with Crippen molar-refractivity contribution in [2.45, 2.75) is 12.0 Å². The van der Waals surface area contributed by atoms with Gasteiger partial charge in [0.05, 0.1) is 10.4 Å². The average molecular weight is 204 g/mol. The maximum Gasteiger partial charge on any atom is 0.0964 e. The largest absolute Gasteiger partial charge is 0.391 e. The molecule has 2 nitrogen and oxygen atoms in total. The molecule has 4 heteroatoms. The zero-order valence-corrected chi connectivity index (χ0v) is 8.03. The fourth-order valence-corrected chi connectivity index (χ4v) is 2.60. The molecule has 0 amide bonds. The highest BCUT2D eigenvalue weighted by Crippen LogP contribution is 2.32. The number of β-amino-alcohol motifs (C(OH)–C–C–N with tert-alkyl or cyclic N) is 1. The Hall–Kier alpha value is -0.0900. The summed E-state index contributed by atoms with van der Waals surface area (Å²) in [5.41, 5.74) is 1.08. The third-order valence-corrected chi connectivity index (χ3v) is 3.43. The monoisotopic (exact) mass is 203 g/mol. The van der Waals surface area contributed by atoms with Crippen molar-refractivity contribution in [3.05, 3.63) is 21.3 Å². The smallest absolute Gasteiger partial charge is 0.0964 e. The zero-order chi connectivity index (χ0) is 8.55. The first kappa shape index (κ1) is 8.51. The normalized spacial score (nSPS) is 29.5. The van der Waals surface area contributed by atoms with E-state index in [1.54, 1.807) is 0 Å². The van der Waals surface area contributed by atoms with E-state index in [4.69, 9.17) is 11.6 Å². The minimum Gasteiger partial charge on any atom is -0.391 e. The molecular formula is C8H10ClNOS. The molecule has 2 rings (SSSR count). The number of hydrogen-bond donors (Lipinski definition) is 2. The molecule has 2 heterocycles. The van der Waals surface area contributed by atoms with Crippen molar-refractivity contribution in [1.29, 1.82) is 0 Å². The Labute approximate surface area is 80.2 Å². The lowest BCUT2D eigenvalue weighted by atomic mass is 9.99. The summed E-state index contributed by atoms with van der Waals surface area (Å²) in [6.07, 6.45) is -0.280. The van der Waals surface area contributed by atoms with Crippen molar-refractivity contribution in [1.82, 2.24) is 5.32 Å². The molecule has 0 aliphatic carbocycles. The predicted molar refractivity (Wildman–Crippen MR) is 50.9 cm³/mol. The maximum absolute atomic E-state index is 9.57. The lowest BCUT2D eigenvalue weighted by molar-refractivity contribution is 0.178. The van der Waals surface area contributed by atoms with Crippen LogP contribution in [-0.2, 0) is 0 Å². The van der Waals surface area contributed by atoms with Gasteiger partial charge in [-0.2, -0.15) is 0 Å². The first-order chi connectivity index (χ1) is 5.79. The SMILES string of the molecule is O[C@@H]1CNC[C@H]1c1ccsc1Cl. The third kappa shape index (κ3) is 1.38. The van der Waals surface area contributed by atoms with Crippen LogP contribution in [0.3, 0.4) is 0 Å². The van der Waals surface area contributed by atoms with Gasteiger partial charge in [0.15, 0.2) is 0 Å². The number of thiophene rings is 1. The summed E-state index contributed by atoms with van der Waals surface area (Å²) in [5, 5.41) is 14.7. The molecule has 0 aromatic carbocycles. The van der Waals surface area contributed by atoms with E-state index in [1.807, 2.05) is 11.4 Å². The first-order valence-electron chi connectivity index (χ1n) is 3.90. The summed E-state index contributed by atoms with van der Waals surface area (Å²) in [7, 11) is 0. The summed E-state index contributed by atoms with van der Waals surface area (Å²) in [5.74, 6) is 0.184. The highest BCUT2D eigenvalue weighted by atomic mass is 35.5. The van der Waals surface area contributed by atoms with Gasteiger partial charge in [0, 0.05) is 19.0 Å². The highest BCUT2D eigenvalue weighted by molar-refractivity contribution is 7.14. The van der Waals surface area contributed by atoms with E-state index < -0.39 is 0 Å². The molecule has 1 fully saturated rings. The minimum atomic E-state index is -0.280. The number of halogens is 1. The van der Waals surface area contributed by atoms with Crippen LogP contribution in [0.25, 0.3) is 0 Å². The highest BCUT2D eigenvalue weighted by Gasteiger charge is 2.28. The van der Waals surface area contributed by atoms with Crippen LogP contribution >= 0.6 is 22.9 Å². The van der Waals surface area contributed by atoms with Crippen LogP contribution < -0.4 is 5.32 Å². The van der Waals surface area contributed by atoms with Crippen LogP contribution in [0.1, 0.15) is 11.5 Å². The second kappa shape index (κ2) is 3.34. The van der Waals surface area contributed by atoms with Gasteiger partial charge in [0.1, 0.15) is 0 Å². The van der Waals surface area contributed by atoms with Crippen molar-refractivity contribution in [3.8, 4) is 0 Å².